The molecule has 12 heavy (non-hydrogen) atoms. The lowest BCUT2D eigenvalue weighted by Crippen LogP contribution is -1.89. The monoisotopic (exact) mass is 159 g/mol. The van der Waals surface area contributed by atoms with Gasteiger partial charge in [0.05, 0.1) is 6.54 Å². The van der Waals surface area contributed by atoms with Gasteiger partial charge < -0.3 is 0 Å². The largest absolute Gasteiger partial charge is 0.245 e. The first-order valence-electron chi connectivity index (χ1n) is 3.23. The van der Waals surface area contributed by atoms with Crippen molar-refractivity contribution in [1.29, 1.82) is 5.26 Å². The first-order valence-corrected chi connectivity index (χ1v) is 3.23. The summed E-state index contributed by atoms with van der Waals surface area (Å²) < 4.78 is 0. The Kier molecular flexibility index (Phi) is 2.66. The fourth-order valence-electron chi connectivity index (χ4n) is 0.775. The number of pyridine rings is 1. The van der Waals surface area contributed by atoms with Crippen LogP contribution in [-0.4, -0.2) is 4.98 Å². The molecule has 0 fully saturated rings. The van der Waals surface area contributed by atoms with Gasteiger partial charge in [-0.25, -0.2) is 4.98 Å². The van der Waals surface area contributed by atoms with Crippen molar-refractivity contribution in [3.63, 3.8) is 0 Å². The molecule has 1 rings (SSSR count). The van der Waals surface area contributed by atoms with Crippen LogP contribution in [0.3, 0.4) is 0 Å². The number of azide groups is 1. The number of hydrogen-bond acceptors (Lipinski definition) is 3. The Labute approximate surface area is 68.9 Å². The minimum absolute atomic E-state index is 0.174. The first-order chi connectivity index (χ1) is 5.88. The predicted molar refractivity (Wildman–Crippen MR) is 41.8 cm³/mol. The van der Waals surface area contributed by atoms with Crippen LogP contribution < -0.4 is 0 Å². The highest BCUT2D eigenvalue weighted by atomic mass is 15.1. The summed E-state index contributed by atoms with van der Waals surface area (Å²) in [6, 6.07) is 5.32. The van der Waals surface area contributed by atoms with Gasteiger partial charge in [-0.2, -0.15) is 5.26 Å². The summed E-state index contributed by atoms with van der Waals surface area (Å²) in [4.78, 5) is 6.40. The standard InChI is InChI=1S/C7H5N5/c8-4-7-6(5-11-12-9)2-1-3-10-7/h1-3H,5H2. The number of aromatic nitrogens is 1. The van der Waals surface area contributed by atoms with Crippen LogP contribution in [-0.2, 0) is 6.54 Å². The van der Waals surface area contributed by atoms with E-state index in [0.717, 1.165) is 0 Å². The molecule has 0 aliphatic rings. The van der Waals surface area contributed by atoms with E-state index in [-0.39, 0.29) is 6.54 Å². The Bertz CT molecular complexity index is 358. The summed E-state index contributed by atoms with van der Waals surface area (Å²) in [5.74, 6) is 0. The summed E-state index contributed by atoms with van der Waals surface area (Å²) in [6.07, 6.45) is 1.53. The molecule has 0 saturated heterocycles. The summed E-state index contributed by atoms with van der Waals surface area (Å²) in [5, 5.41) is 11.9. The van der Waals surface area contributed by atoms with Crippen LogP contribution in [0.2, 0.25) is 0 Å². The zero-order chi connectivity index (χ0) is 8.81. The second-order valence-electron chi connectivity index (χ2n) is 2.01. The third kappa shape index (κ3) is 1.72. The Hall–Kier alpha value is -2.05. The second kappa shape index (κ2) is 3.96. The first kappa shape index (κ1) is 8.05. The van der Waals surface area contributed by atoms with Crippen LogP contribution >= 0.6 is 0 Å². The van der Waals surface area contributed by atoms with Crippen molar-refractivity contribution < 1.29 is 0 Å². The molecule has 0 amide bonds. The maximum Gasteiger partial charge on any atom is 0.143 e. The van der Waals surface area contributed by atoms with Crippen molar-refractivity contribution >= 4 is 0 Å². The molecule has 0 aromatic carbocycles. The molecule has 58 valence electrons. The molecule has 0 bridgehead atoms. The molecule has 5 heteroatoms. The Morgan fingerprint density at radius 2 is 2.58 bits per heavy atom. The fourth-order valence-corrected chi connectivity index (χ4v) is 0.775. The van der Waals surface area contributed by atoms with Crippen molar-refractivity contribution in [2.45, 2.75) is 6.54 Å². The van der Waals surface area contributed by atoms with Crippen LogP contribution in [0.25, 0.3) is 10.4 Å². The molecular weight excluding hydrogens is 154 g/mol. The average molecular weight is 159 g/mol. The Morgan fingerprint density at radius 1 is 1.75 bits per heavy atom. The lowest BCUT2D eigenvalue weighted by molar-refractivity contribution is 1.01. The van der Waals surface area contributed by atoms with E-state index in [4.69, 9.17) is 10.8 Å². The van der Waals surface area contributed by atoms with Crippen LogP contribution in [0.15, 0.2) is 23.4 Å². The Balaban J connectivity index is 2.98. The van der Waals surface area contributed by atoms with E-state index in [1.807, 2.05) is 6.07 Å². The molecule has 0 N–H and O–H groups in total. The molecular formula is C7H5N5. The van der Waals surface area contributed by atoms with Crippen LogP contribution in [0.5, 0.6) is 0 Å². The van der Waals surface area contributed by atoms with Gasteiger partial charge in [0.1, 0.15) is 11.8 Å². The molecule has 1 aromatic rings. The SMILES string of the molecule is N#Cc1ncccc1CN=[N+]=[N-]. The van der Waals surface area contributed by atoms with Gasteiger partial charge in [-0.1, -0.05) is 11.2 Å². The van der Waals surface area contributed by atoms with Crippen molar-refractivity contribution in [2.75, 3.05) is 0 Å². The van der Waals surface area contributed by atoms with Gasteiger partial charge in [0.2, 0.25) is 0 Å². The molecule has 0 aliphatic carbocycles. The van der Waals surface area contributed by atoms with Crippen molar-refractivity contribution in [3.05, 3.63) is 40.0 Å². The van der Waals surface area contributed by atoms with E-state index in [1.165, 1.54) is 6.20 Å². The molecule has 0 atom stereocenters. The summed E-state index contributed by atoms with van der Waals surface area (Å²) in [7, 11) is 0. The average Bonchev–Trinajstić information content (AvgIpc) is 2.15. The Morgan fingerprint density at radius 3 is 3.25 bits per heavy atom. The molecule has 5 nitrogen and oxygen atoms in total. The fraction of sp³-hybridized carbons (Fsp3) is 0.143. The molecule has 1 heterocycles. The van der Waals surface area contributed by atoms with Gasteiger partial charge >= 0.3 is 0 Å². The van der Waals surface area contributed by atoms with Crippen LogP contribution in [0.4, 0.5) is 0 Å². The molecule has 0 spiro atoms. The van der Waals surface area contributed by atoms with Crippen molar-refractivity contribution in [2.24, 2.45) is 5.11 Å². The van der Waals surface area contributed by atoms with Crippen molar-refractivity contribution in [1.82, 2.24) is 4.98 Å². The third-order valence-electron chi connectivity index (χ3n) is 1.30. The van der Waals surface area contributed by atoms with Crippen LogP contribution in [0.1, 0.15) is 11.3 Å². The van der Waals surface area contributed by atoms with E-state index in [1.54, 1.807) is 12.1 Å². The maximum absolute atomic E-state index is 8.57. The highest BCUT2D eigenvalue weighted by Crippen LogP contribution is 2.04. The minimum Gasteiger partial charge on any atom is -0.245 e. The third-order valence-corrected chi connectivity index (χ3v) is 1.30. The highest BCUT2D eigenvalue weighted by molar-refractivity contribution is 5.30. The van der Waals surface area contributed by atoms with Crippen LogP contribution in [0, 0.1) is 11.3 Å². The minimum atomic E-state index is 0.174. The van der Waals surface area contributed by atoms with Gasteiger partial charge in [-0.05, 0) is 17.2 Å². The van der Waals surface area contributed by atoms with Gasteiger partial charge in [-0.3, -0.25) is 0 Å². The predicted octanol–water partition coefficient (Wildman–Crippen LogP) is 1.76. The lowest BCUT2D eigenvalue weighted by Gasteiger charge is -1.95. The van der Waals surface area contributed by atoms with E-state index in [0.29, 0.717) is 11.3 Å². The van der Waals surface area contributed by atoms with E-state index in [2.05, 4.69) is 15.0 Å². The summed E-state index contributed by atoms with van der Waals surface area (Å²) in [5.41, 5.74) is 9.01. The topological polar surface area (TPSA) is 85.4 Å². The molecule has 0 radical (unpaired) electrons. The number of nitrogens with zero attached hydrogens (tertiary/aromatic N) is 5. The second-order valence-corrected chi connectivity index (χ2v) is 2.01. The molecule has 0 saturated carbocycles. The molecule has 0 aliphatic heterocycles. The maximum atomic E-state index is 8.57. The number of nitriles is 1. The van der Waals surface area contributed by atoms with Gasteiger partial charge in [0.25, 0.3) is 0 Å². The van der Waals surface area contributed by atoms with Gasteiger partial charge in [0, 0.05) is 11.1 Å². The zero-order valence-corrected chi connectivity index (χ0v) is 6.18. The molecule has 1 aromatic heterocycles. The normalized spacial score (nSPS) is 8.25. The number of hydrogen-bond donors (Lipinski definition) is 0. The van der Waals surface area contributed by atoms with Gasteiger partial charge in [-0.15, -0.1) is 0 Å². The highest BCUT2D eigenvalue weighted by Gasteiger charge is 1.98. The number of rotatable bonds is 2. The summed E-state index contributed by atoms with van der Waals surface area (Å²) >= 11 is 0. The summed E-state index contributed by atoms with van der Waals surface area (Å²) in [6.45, 7) is 0.174. The quantitative estimate of drug-likeness (QED) is 0.374. The van der Waals surface area contributed by atoms with Gasteiger partial charge in [0.15, 0.2) is 0 Å². The smallest absolute Gasteiger partial charge is 0.143 e. The lowest BCUT2D eigenvalue weighted by atomic mass is 10.2. The van der Waals surface area contributed by atoms with E-state index < -0.39 is 0 Å². The van der Waals surface area contributed by atoms with E-state index >= 15 is 0 Å². The molecule has 0 unspecified atom stereocenters. The van der Waals surface area contributed by atoms with Crippen molar-refractivity contribution in [3.8, 4) is 6.07 Å². The van der Waals surface area contributed by atoms with E-state index in [9.17, 15) is 0 Å². The zero-order valence-electron chi connectivity index (χ0n) is 6.18.